The number of hydrogen-bond acceptors (Lipinski definition) is 2. The third-order valence-electron chi connectivity index (χ3n) is 3.30. The zero-order chi connectivity index (χ0) is 14.3. The van der Waals surface area contributed by atoms with Crippen LogP contribution >= 0.6 is 27.5 Å². The predicted octanol–water partition coefficient (Wildman–Crippen LogP) is 5.24. The molecular weight excluding hydrogens is 340 g/mol. The highest BCUT2D eigenvalue weighted by molar-refractivity contribution is 9.10. The molecule has 0 aliphatic carbocycles. The number of hydrogen-bond donors (Lipinski definition) is 1. The van der Waals surface area contributed by atoms with Crippen LogP contribution in [0.15, 0.2) is 51.4 Å². The van der Waals surface area contributed by atoms with Crippen molar-refractivity contribution in [3.8, 4) is 0 Å². The lowest BCUT2D eigenvalue weighted by atomic mass is 10.0. The molecule has 20 heavy (non-hydrogen) atoms. The summed E-state index contributed by atoms with van der Waals surface area (Å²) >= 11 is 9.38. The Kier molecular flexibility index (Phi) is 3.59. The molecule has 1 heterocycles. The quantitative estimate of drug-likeness (QED) is 0.685. The SMILES string of the molecule is Cc1ccc(Br)cc1C(O)c1cc2cc(Cl)ccc2o1. The van der Waals surface area contributed by atoms with Crippen molar-refractivity contribution in [3.63, 3.8) is 0 Å². The Morgan fingerprint density at radius 3 is 2.75 bits per heavy atom. The molecule has 0 saturated carbocycles. The van der Waals surface area contributed by atoms with E-state index in [1.165, 1.54) is 0 Å². The number of aliphatic hydroxyl groups is 1. The van der Waals surface area contributed by atoms with Gasteiger partial charge in [0.25, 0.3) is 0 Å². The first-order valence-electron chi connectivity index (χ1n) is 6.18. The van der Waals surface area contributed by atoms with Gasteiger partial charge in [0.1, 0.15) is 17.4 Å². The molecule has 3 rings (SSSR count). The van der Waals surface area contributed by atoms with Gasteiger partial charge in [-0.3, -0.25) is 0 Å². The normalized spacial score (nSPS) is 12.8. The van der Waals surface area contributed by atoms with Crippen LogP contribution in [0.3, 0.4) is 0 Å². The molecule has 102 valence electrons. The molecule has 0 saturated heterocycles. The van der Waals surface area contributed by atoms with Crippen molar-refractivity contribution < 1.29 is 9.52 Å². The van der Waals surface area contributed by atoms with Gasteiger partial charge in [-0.15, -0.1) is 0 Å². The average Bonchev–Trinajstić information content (AvgIpc) is 2.83. The second-order valence-electron chi connectivity index (χ2n) is 4.73. The molecule has 0 bridgehead atoms. The number of aliphatic hydroxyl groups excluding tert-OH is 1. The maximum atomic E-state index is 10.5. The average molecular weight is 352 g/mol. The van der Waals surface area contributed by atoms with Gasteiger partial charge in [-0.2, -0.15) is 0 Å². The molecule has 2 nitrogen and oxygen atoms in total. The molecule has 0 radical (unpaired) electrons. The van der Waals surface area contributed by atoms with Gasteiger partial charge in [-0.05, 0) is 54.4 Å². The first-order valence-corrected chi connectivity index (χ1v) is 7.35. The Balaban J connectivity index is 2.07. The zero-order valence-electron chi connectivity index (χ0n) is 10.7. The van der Waals surface area contributed by atoms with E-state index in [9.17, 15) is 5.11 Å². The fourth-order valence-corrected chi connectivity index (χ4v) is 2.79. The van der Waals surface area contributed by atoms with E-state index in [0.29, 0.717) is 10.8 Å². The molecule has 0 spiro atoms. The molecule has 4 heteroatoms. The fourth-order valence-electron chi connectivity index (χ4n) is 2.23. The lowest BCUT2D eigenvalue weighted by Crippen LogP contribution is -2.00. The highest BCUT2D eigenvalue weighted by Gasteiger charge is 2.18. The van der Waals surface area contributed by atoms with E-state index in [1.54, 1.807) is 6.07 Å². The highest BCUT2D eigenvalue weighted by atomic mass is 79.9. The minimum Gasteiger partial charge on any atom is -0.458 e. The van der Waals surface area contributed by atoms with Crippen molar-refractivity contribution in [3.05, 3.63) is 68.8 Å². The van der Waals surface area contributed by atoms with Gasteiger partial charge in [-0.25, -0.2) is 0 Å². The Labute approximate surface area is 130 Å². The number of benzene rings is 2. The van der Waals surface area contributed by atoms with Crippen LogP contribution < -0.4 is 0 Å². The van der Waals surface area contributed by atoms with Crippen LogP contribution in [0.2, 0.25) is 5.02 Å². The van der Waals surface area contributed by atoms with Crippen molar-refractivity contribution in [2.24, 2.45) is 0 Å². The van der Waals surface area contributed by atoms with E-state index in [0.717, 1.165) is 26.6 Å². The molecular formula is C16H12BrClO2. The molecule has 1 N–H and O–H groups in total. The summed E-state index contributed by atoms with van der Waals surface area (Å²) < 4.78 is 6.64. The van der Waals surface area contributed by atoms with Crippen LogP contribution in [0.25, 0.3) is 11.0 Å². The Bertz CT molecular complexity index is 779. The zero-order valence-corrected chi connectivity index (χ0v) is 13.1. The third kappa shape index (κ3) is 2.49. The summed E-state index contributed by atoms with van der Waals surface area (Å²) in [5.74, 6) is 0.517. The van der Waals surface area contributed by atoms with E-state index in [-0.39, 0.29) is 0 Å². The fraction of sp³-hybridized carbons (Fsp3) is 0.125. The number of halogens is 2. The van der Waals surface area contributed by atoms with Gasteiger partial charge in [0, 0.05) is 14.9 Å². The highest BCUT2D eigenvalue weighted by Crippen LogP contribution is 2.32. The van der Waals surface area contributed by atoms with Crippen molar-refractivity contribution in [2.75, 3.05) is 0 Å². The number of rotatable bonds is 2. The second-order valence-corrected chi connectivity index (χ2v) is 6.09. The molecule has 1 aromatic heterocycles. The number of aryl methyl sites for hydroxylation is 1. The summed E-state index contributed by atoms with van der Waals surface area (Å²) in [7, 11) is 0. The molecule has 0 aliphatic rings. The predicted molar refractivity (Wildman–Crippen MR) is 84.2 cm³/mol. The van der Waals surface area contributed by atoms with Crippen molar-refractivity contribution in [1.82, 2.24) is 0 Å². The second kappa shape index (κ2) is 5.24. The van der Waals surface area contributed by atoms with Crippen LogP contribution in [0.1, 0.15) is 23.0 Å². The van der Waals surface area contributed by atoms with Crippen LogP contribution in [0.4, 0.5) is 0 Å². The van der Waals surface area contributed by atoms with Crippen LogP contribution in [-0.4, -0.2) is 5.11 Å². The van der Waals surface area contributed by atoms with Crippen LogP contribution in [-0.2, 0) is 0 Å². The molecule has 0 fully saturated rings. The number of fused-ring (bicyclic) bond motifs is 1. The third-order valence-corrected chi connectivity index (χ3v) is 4.03. The van der Waals surface area contributed by atoms with E-state index in [1.807, 2.05) is 43.3 Å². The van der Waals surface area contributed by atoms with Crippen LogP contribution in [0, 0.1) is 6.92 Å². The minimum atomic E-state index is -0.793. The summed E-state index contributed by atoms with van der Waals surface area (Å²) in [4.78, 5) is 0. The molecule has 1 unspecified atom stereocenters. The standard InChI is InChI=1S/C16H12BrClO2/c1-9-2-3-11(17)8-13(9)16(19)15-7-10-6-12(18)4-5-14(10)20-15/h2-8,16,19H,1H3. The minimum absolute atomic E-state index is 0.517. The topological polar surface area (TPSA) is 33.4 Å². The van der Waals surface area contributed by atoms with E-state index < -0.39 is 6.10 Å². The van der Waals surface area contributed by atoms with Gasteiger partial charge < -0.3 is 9.52 Å². The van der Waals surface area contributed by atoms with Crippen LogP contribution in [0.5, 0.6) is 0 Å². The van der Waals surface area contributed by atoms with Crippen molar-refractivity contribution in [2.45, 2.75) is 13.0 Å². The lowest BCUT2D eigenvalue weighted by Gasteiger charge is -2.11. The summed E-state index contributed by atoms with van der Waals surface area (Å²) in [5, 5.41) is 12.1. The molecule has 1 atom stereocenters. The first-order chi connectivity index (χ1) is 9.54. The monoisotopic (exact) mass is 350 g/mol. The smallest absolute Gasteiger partial charge is 0.138 e. The van der Waals surface area contributed by atoms with Gasteiger partial charge >= 0.3 is 0 Å². The largest absolute Gasteiger partial charge is 0.458 e. The summed E-state index contributed by atoms with van der Waals surface area (Å²) in [6.07, 6.45) is -0.793. The maximum Gasteiger partial charge on any atom is 0.138 e. The summed E-state index contributed by atoms with van der Waals surface area (Å²) in [6, 6.07) is 13.0. The first kappa shape index (κ1) is 13.7. The summed E-state index contributed by atoms with van der Waals surface area (Å²) in [6.45, 7) is 1.96. The Morgan fingerprint density at radius 2 is 1.95 bits per heavy atom. The van der Waals surface area contributed by atoms with E-state index in [4.69, 9.17) is 16.0 Å². The van der Waals surface area contributed by atoms with Gasteiger partial charge in [0.2, 0.25) is 0 Å². The van der Waals surface area contributed by atoms with Gasteiger partial charge in [0.05, 0.1) is 0 Å². The summed E-state index contributed by atoms with van der Waals surface area (Å²) in [5.41, 5.74) is 2.56. The van der Waals surface area contributed by atoms with E-state index in [2.05, 4.69) is 15.9 Å². The lowest BCUT2D eigenvalue weighted by molar-refractivity contribution is 0.191. The number of furan rings is 1. The van der Waals surface area contributed by atoms with Gasteiger partial charge in [-0.1, -0.05) is 33.6 Å². The van der Waals surface area contributed by atoms with Gasteiger partial charge in [0.15, 0.2) is 0 Å². The Morgan fingerprint density at radius 1 is 1.15 bits per heavy atom. The maximum absolute atomic E-state index is 10.5. The molecule has 0 amide bonds. The van der Waals surface area contributed by atoms with E-state index >= 15 is 0 Å². The van der Waals surface area contributed by atoms with Crippen molar-refractivity contribution >= 4 is 38.5 Å². The molecule has 2 aromatic carbocycles. The molecule has 3 aromatic rings. The molecule has 0 aliphatic heterocycles. The Hall–Kier alpha value is -1.29. The van der Waals surface area contributed by atoms with Crippen molar-refractivity contribution in [1.29, 1.82) is 0 Å².